The summed E-state index contributed by atoms with van der Waals surface area (Å²) in [5.74, 6) is 1.76. The second-order valence-electron chi connectivity index (χ2n) is 7.19. The molecule has 0 amide bonds. The van der Waals surface area contributed by atoms with Crippen molar-refractivity contribution in [2.24, 2.45) is 0 Å². The van der Waals surface area contributed by atoms with Gasteiger partial charge in [0.1, 0.15) is 11.5 Å². The highest BCUT2D eigenvalue weighted by Crippen LogP contribution is 2.30. The summed E-state index contributed by atoms with van der Waals surface area (Å²) in [6.45, 7) is 0.378. The lowest BCUT2D eigenvalue weighted by molar-refractivity contribution is -0.134. The van der Waals surface area contributed by atoms with E-state index in [-0.39, 0.29) is 6.42 Å². The maximum absolute atomic E-state index is 12.3. The Morgan fingerprint density at radius 3 is 2.41 bits per heavy atom. The van der Waals surface area contributed by atoms with Gasteiger partial charge in [0.05, 0.1) is 32.5 Å². The van der Waals surface area contributed by atoms with E-state index in [4.69, 9.17) is 30.5 Å². The van der Waals surface area contributed by atoms with Crippen LogP contribution in [0, 0.1) is 11.3 Å². The van der Waals surface area contributed by atoms with E-state index in [9.17, 15) is 10.1 Å². The summed E-state index contributed by atoms with van der Waals surface area (Å²) in [4.78, 5) is 12.3. The quantitative estimate of drug-likeness (QED) is 0.114. The van der Waals surface area contributed by atoms with E-state index >= 15 is 0 Å². The van der Waals surface area contributed by atoms with Crippen LogP contribution in [0.2, 0.25) is 5.02 Å². The number of nitrogens with zero attached hydrogens (tertiary/aromatic N) is 1. The Hall–Kier alpha value is -3.95. The number of rotatable bonds is 10. The molecule has 3 rings (SSSR count). The maximum Gasteiger partial charge on any atom is 0.311 e. The fourth-order valence-electron chi connectivity index (χ4n) is 3.11. The second-order valence-corrected chi connectivity index (χ2v) is 7.63. The number of carbonyl (C=O) groups is 1. The SMILES string of the molecule is COc1ccc(OCCCC(=O)Oc2ccc(/C=C(/C#N)c3cccc(Cl)c3)cc2OC)cc1. The highest BCUT2D eigenvalue weighted by atomic mass is 35.5. The number of allylic oxidation sites excluding steroid dienone is 1. The monoisotopic (exact) mass is 477 g/mol. The van der Waals surface area contributed by atoms with E-state index in [1.807, 2.05) is 30.3 Å². The van der Waals surface area contributed by atoms with Gasteiger partial charge >= 0.3 is 5.97 Å². The van der Waals surface area contributed by atoms with E-state index in [2.05, 4.69) is 6.07 Å². The Balaban J connectivity index is 1.58. The molecule has 34 heavy (non-hydrogen) atoms. The minimum atomic E-state index is -0.392. The number of esters is 1. The zero-order valence-corrected chi connectivity index (χ0v) is 19.7. The molecule has 0 saturated heterocycles. The van der Waals surface area contributed by atoms with Crippen LogP contribution < -0.4 is 18.9 Å². The molecular formula is C27H24ClNO5. The van der Waals surface area contributed by atoms with Crippen LogP contribution in [0.15, 0.2) is 66.7 Å². The summed E-state index contributed by atoms with van der Waals surface area (Å²) in [6, 6.07) is 21.6. The van der Waals surface area contributed by atoms with Gasteiger partial charge in [-0.25, -0.2) is 0 Å². The van der Waals surface area contributed by atoms with E-state index in [0.717, 1.165) is 11.3 Å². The maximum atomic E-state index is 12.3. The van der Waals surface area contributed by atoms with Crippen LogP contribution >= 0.6 is 11.6 Å². The molecule has 7 heteroatoms. The predicted octanol–water partition coefficient (Wildman–Crippen LogP) is 6.19. The average molecular weight is 478 g/mol. The van der Waals surface area contributed by atoms with E-state index in [0.29, 0.717) is 46.4 Å². The largest absolute Gasteiger partial charge is 0.497 e. The smallest absolute Gasteiger partial charge is 0.311 e. The third kappa shape index (κ3) is 7.03. The first-order valence-electron chi connectivity index (χ1n) is 10.6. The number of carbonyl (C=O) groups excluding carboxylic acids is 1. The summed E-state index contributed by atoms with van der Waals surface area (Å²) >= 11 is 6.04. The van der Waals surface area contributed by atoms with Crippen LogP contribution in [0.25, 0.3) is 11.6 Å². The van der Waals surface area contributed by atoms with Gasteiger partial charge in [-0.05, 0) is 72.2 Å². The van der Waals surface area contributed by atoms with Crippen molar-refractivity contribution in [1.82, 2.24) is 0 Å². The molecule has 0 aliphatic heterocycles. The molecule has 0 saturated carbocycles. The van der Waals surface area contributed by atoms with Gasteiger partial charge in [0.25, 0.3) is 0 Å². The molecule has 0 spiro atoms. The molecule has 0 atom stereocenters. The fraction of sp³-hybridized carbons (Fsp3) is 0.185. The van der Waals surface area contributed by atoms with Gasteiger partial charge in [0, 0.05) is 11.4 Å². The molecule has 0 aromatic heterocycles. The Labute approximate surface area is 203 Å². The molecule has 0 fully saturated rings. The first-order chi connectivity index (χ1) is 16.5. The number of halogens is 1. The molecule has 174 valence electrons. The van der Waals surface area contributed by atoms with Crippen LogP contribution in [0.5, 0.6) is 23.0 Å². The van der Waals surface area contributed by atoms with Gasteiger partial charge in [-0.15, -0.1) is 0 Å². The summed E-state index contributed by atoms with van der Waals surface area (Å²) in [5.41, 5.74) is 1.88. The zero-order valence-electron chi connectivity index (χ0n) is 18.9. The molecule has 0 bridgehead atoms. The van der Waals surface area contributed by atoms with Crippen LogP contribution in [0.3, 0.4) is 0 Å². The van der Waals surface area contributed by atoms with Crippen molar-refractivity contribution in [3.05, 3.63) is 82.9 Å². The van der Waals surface area contributed by atoms with Gasteiger partial charge in [-0.3, -0.25) is 4.79 Å². The van der Waals surface area contributed by atoms with Crippen molar-refractivity contribution in [3.8, 4) is 29.1 Å². The van der Waals surface area contributed by atoms with Crippen molar-refractivity contribution in [1.29, 1.82) is 5.26 Å². The van der Waals surface area contributed by atoms with Crippen molar-refractivity contribution in [3.63, 3.8) is 0 Å². The fourth-order valence-corrected chi connectivity index (χ4v) is 3.30. The molecule has 0 unspecified atom stereocenters. The standard InChI is InChI=1S/C27H24ClNO5/c1-31-23-9-11-24(12-10-23)33-14-4-7-27(30)34-25-13-8-19(16-26(25)32-2)15-21(18-29)20-5-3-6-22(28)17-20/h3,5-6,8-13,15-17H,4,7,14H2,1-2H3/b21-15-. The summed E-state index contributed by atoms with van der Waals surface area (Å²) < 4.78 is 21.6. The van der Waals surface area contributed by atoms with Crippen LogP contribution in [0.4, 0.5) is 0 Å². The summed E-state index contributed by atoms with van der Waals surface area (Å²) in [5, 5.41) is 10.1. The molecule has 3 aromatic rings. The van der Waals surface area contributed by atoms with E-state index in [1.165, 1.54) is 7.11 Å². The minimum absolute atomic E-state index is 0.189. The zero-order chi connectivity index (χ0) is 24.3. The summed E-state index contributed by atoms with van der Waals surface area (Å²) in [6.07, 6.45) is 2.41. The Morgan fingerprint density at radius 2 is 1.74 bits per heavy atom. The number of methoxy groups -OCH3 is 2. The van der Waals surface area contributed by atoms with Crippen LogP contribution in [-0.4, -0.2) is 26.8 Å². The van der Waals surface area contributed by atoms with Crippen LogP contribution in [0.1, 0.15) is 24.0 Å². The van der Waals surface area contributed by atoms with Gasteiger partial charge in [-0.2, -0.15) is 5.26 Å². The first kappa shape index (κ1) is 24.7. The topological polar surface area (TPSA) is 77.8 Å². The molecule has 0 aliphatic rings. The van der Waals surface area contributed by atoms with Crippen molar-refractivity contribution in [2.75, 3.05) is 20.8 Å². The molecule has 0 heterocycles. The predicted molar refractivity (Wildman–Crippen MR) is 131 cm³/mol. The number of hydrogen-bond donors (Lipinski definition) is 0. The van der Waals surface area contributed by atoms with Gasteiger partial charge in [0.2, 0.25) is 0 Å². The Bertz CT molecular complexity index is 1200. The van der Waals surface area contributed by atoms with Gasteiger partial charge < -0.3 is 18.9 Å². The summed E-state index contributed by atoms with van der Waals surface area (Å²) in [7, 11) is 3.09. The minimum Gasteiger partial charge on any atom is -0.497 e. The highest BCUT2D eigenvalue weighted by molar-refractivity contribution is 6.30. The second kappa shape index (κ2) is 12.3. The lowest BCUT2D eigenvalue weighted by atomic mass is 10.0. The van der Waals surface area contributed by atoms with Crippen molar-refractivity contribution >= 4 is 29.2 Å². The van der Waals surface area contributed by atoms with Crippen molar-refractivity contribution in [2.45, 2.75) is 12.8 Å². The van der Waals surface area contributed by atoms with Gasteiger partial charge in [-0.1, -0.05) is 29.8 Å². The lowest BCUT2D eigenvalue weighted by Crippen LogP contribution is -2.10. The molecule has 0 radical (unpaired) electrons. The number of nitriles is 1. The third-order valence-electron chi connectivity index (χ3n) is 4.83. The highest BCUT2D eigenvalue weighted by Gasteiger charge is 2.12. The van der Waals surface area contributed by atoms with Crippen molar-refractivity contribution < 1.29 is 23.7 Å². The van der Waals surface area contributed by atoms with E-state index in [1.54, 1.807) is 49.6 Å². The van der Waals surface area contributed by atoms with Crippen LogP contribution in [-0.2, 0) is 4.79 Å². The molecule has 3 aromatic carbocycles. The lowest BCUT2D eigenvalue weighted by Gasteiger charge is -2.11. The Kier molecular flexibility index (Phi) is 8.96. The Morgan fingerprint density at radius 1 is 0.971 bits per heavy atom. The molecule has 6 nitrogen and oxygen atoms in total. The van der Waals surface area contributed by atoms with E-state index < -0.39 is 5.97 Å². The third-order valence-corrected chi connectivity index (χ3v) is 5.07. The number of benzene rings is 3. The van der Waals surface area contributed by atoms with Gasteiger partial charge in [0.15, 0.2) is 11.5 Å². The molecule has 0 aliphatic carbocycles. The number of ether oxygens (including phenoxy) is 4. The normalized spacial score (nSPS) is 10.8. The number of hydrogen-bond acceptors (Lipinski definition) is 6. The first-order valence-corrected chi connectivity index (χ1v) is 10.9. The molecule has 0 N–H and O–H groups in total. The molecular weight excluding hydrogens is 454 g/mol. The average Bonchev–Trinajstić information content (AvgIpc) is 2.86.